The molecule has 5 heteroatoms. The normalized spacial score (nSPS) is 28.9. The summed E-state index contributed by atoms with van der Waals surface area (Å²) in [5.74, 6) is 2.77. The Morgan fingerprint density at radius 1 is 0.968 bits per heavy atom. The van der Waals surface area contributed by atoms with Gasteiger partial charge >= 0.3 is 0 Å². The van der Waals surface area contributed by atoms with E-state index in [2.05, 4.69) is 34.6 Å². The van der Waals surface area contributed by atoms with Crippen LogP contribution in [-0.4, -0.2) is 20.9 Å². The molecule has 4 fully saturated rings. The molecule has 4 aliphatic carbocycles. The molecule has 3 aromatic rings. The Kier molecular flexibility index (Phi) is 4.24. The second-order valence-electron chi connectivity index (χ2n) is 10.6. The zero-order valence-electron chi connectivity index (χ0n) is 18.4. The highest BCUT2D eigenvalue weighted by Gasteiger charge is 2.51. The molecule has 7 rings (SSSR count). The van der Waals surface area contributed by atoms with Crippen LogP contribution in [0.25, 0.3) is 16.7 Å². The molecule has 0 saturated heterocycles. The predicted octanol–water partition coefficient (Wildman–Crippen LogP) is 5.58. The molecule has 1 aromatic heterocycles. The Morgan fingerprint density at radius 2 is 1.55 bits per heavy atom. The van der Waals surface area contributed by atoms with Crippen molar-refractivity contribution in [2.24, 2.45) is 23.2 Å². The van der Waals surface area contributed by atoms with E-state index in [0.29, 0.717) is 6.42 Å². The first-order valence-corrected chi connectivity index (χ1v) is 11.7. The minimum absolute atomic E-state index is 0.162. The van der Waals surface area contributed by atoms with Crippen LogP contribution in [0.3, 0.4) is 0 Å². The third-order valence-corrected chi connectivity index (χ3v) is 7.97. The molecular weight excluding hydrogens is 384 g/mol. The third-order valence-electron chi connectivity index (χ3n) is 7.97. The number of hydrogen-bond donors (Lipinski definition) is 1. The maximum Gasteiger partial charge on any atom is 0.224 e. The number of benzene rings is 2. The quantitative estimate of drug-likeness (QED) is 0.606. The van der Waals surface area contributed by atoms with Crippen LogP contribution in [0.5, 0.6) is 0 Å². The molecule has 4 bridgehead atoms. The summed E-state index contributed by atoms with van der Waals surface area (Å²) in [5.41, 5.74) is 5.94. The van der Waals surface area contributed by atoms with Gasteiger partial charge in [0.2, 0.25) is 5.91 Å². The van der Waals surface area contributed by atoms with Gasteiger partial charge in [0.15, 0.2) is 0 Å². The Labute approximate surface area is 183 Å². The molecule has 5 nitrogen and oxygen atoms in total. The standard InChI is InChI=1S/C26H30N4O/c1-16-3-5-21(6-4-16)30-28-23-7-17(2)22(11-24(23)29-30)27-25(31)15-26-12-18-8-19(13-26)10-20(9-18)14-26/h3-7,11,18-20H,8-10,12-15H2,1-2H3,(H,27,31). The summed E-state index contributed by atoms with van der Waals surface area (Å²) in [5, 5.41) is 12.5. The lowest BCUT2D eigenvalue weighted by Crippen LogP contribution is -2.47. The van der Waals surface area contributed by atoms with Gasteiger partial charge in [-0.1, -0.05) is 17.7 Å². The van der Waals surface area contributed by atoms with E-state index in [1.54, 1.807) is 4.80 Å². The average Bonchev–Trinajstić information content (AvgIpc) is 3.10. The van der Waals surface area contributed by atoms with Crippen LogP contribution in [0.4, 0.5) is 5.69 Å². The fourth-order valence-corrected chi connectivity index (χ4v) is 7.04. The molecule has 31 heavy (non-hydrogen) atoms. The molecular formula is C26H30N4O. The van der Waals surface area contributed by atoms with Crippen molar-refractivity contribution in [1.29, 1.82) is 0 Å². The Morgan fingerprint density at radius 3 is 2.16 bits per heavy atom. The van der Waals surface area contributed by atoms with Gasteiger partial charge < -0.3 is 5.32 Å². The zero-order valence-corrected chi connectivity index (χ0v) is 18.4. The average molecular weight is 415 g/mol. The van der Waals surface area contributed by atoms with Gasteiger partial charge in [-0.2, -0.15) is 4.80 Å². The molecule has 4 saturated carbocycles. The van der Waals surface area contributed by atoms with E-state index in [-0.39, 0.29) is 11.3 Å². The summed E-state index contributed by atoms with van der Waals surface area (Å²) in [6.07, 6.45) is 8.68. The van der Waals surface area contributed by atoms with E-state index in [1.807, 2.05) is 31.2 Å². The van der Waals surface area contributed by atoms with Crippen molar-refractivity contribution in [2.45, 2.75) is 58.8 Å². The number of fused-ring (bicyclic) bond motifs is 1. The second kappa shape index (κ2) is 6.91. The number of carbonyl (C=O) groups is 1. The number of rotatable bonds is 4. The lowest BCUT2D eigenvalue weighted by molar-refractivity contribution is -0.124. The zero-order chi connectivity index (χ0) is 21.2. The molecule has 1 amide bonds. The minimum Gasteiger partial charge on any atom is -0.326 e. The molecule has 0 atom stereocenters. The lowest BCUT2D eigenvalue weighted by atomic mass is 9.49. The fourth-order valence-electron chi connectivity index (χ4n) is 7.04. The van der Waals surface area contributed by atoms with Crippen LogP contribution < -0.4 is 5.32 Å². The number of nitrogens with one attached hydrogen (secondary N) is 1. The van der Waals surface area contributed by atoms with Gasteiger partial charge in [-0.15, -0.1) is 10.2 Å². The van der Waals surface area contributed by atoms with Crippen LogP contribution in [0.1, 0.15) is 56.1 Å². The van der Waals surface area contributed by atoms with E-state index in [1.165, 1.54) is 44.1 Å². The molecule has 1 N–H and O–H groups in total. The fraction of sp³-hybridized carbons (Fsp3) is 0.500. The van der Waals surface area contributed by atoms with E-state index < -0.39 is 0 Å². The molecule has 1 heterocycles. The second-order valence-corrected chi connectivity index (χ2v) is 10.6. The van der Waals surface area contributed by atoms with Crippen molar-refractivity contribution in [1.82, 2.24) is 15.0 Å². The van der Waals surface area contributed by atoms with Crippen molar-refractivity contribution in [3.8, 4) is 5.69 Å². The first-order chi connectivity index (χ1) is 14.9. The summed E-state index contributed by atoms with van der Waals surface area (Å²) in [4.78, 5) is 14.8. The van der Waals surface area contributed by atoms with E-state index in [0.717, 1.165) is 45.7 Å². The monoisotopic (exact) mass is 414 g/mol. The molecule has 2 aromatic carbocycles. The van der Waals surface area contributed by atoms with Gasteiger partial charge in [0.05, 0.1) is 5.69 Å². The van der Waals surface area contributed by atoms with Crippen molar-refractivity contribution in [3.63, 3.8) is 0 Å². The number of aromatic nitrogens is 3. The Balaban J connectivity index is 1.22. The molecule has 0 spiro atoms. The first-order valence-electron chi connectivity index (χ1n) is 11.7. The van der Waals surface area contributed by atoms with E-state index in [9.17, 15) is 4.79 Å². The topological polar surface area (TPSA) is 59.8 Å². The summed E-state index contributed by atoms with van der Waals surface area (Å²) in [7, 11) is 0. The van der Waals surface area contributed by atoms with Gasteiger partial charge in [0.1, 0.15) is 11.0 Å². The van der Waals surface area contributed by atoms with E-state index >= 15 is 0 Å². The lowest BCUT2D eigenvalue weighted by Gasteiger charge is -2.56. The van der Waals surface area contributed by atoms with Crippen LogP contribution in [-0.2, 0) is 4.79 Å². The summed E-state index contributed by atoms with van der Waals surface area (Å²) < 4.78 is 0. The maximum atomic E-state index is 13.1. The van der Waals surface area contributed by atoms with Gasteiger partial charge in [-0.05, 0) is 105 Å². The number of nitrogens with zero attached hydrogens (tertiary/aromatic N) is 3. The van der Waals surface area contributed by atoms with Gasteiger partial charge in [-0.25, -0.2) is 0 Å². The Hall–Kier alpha value is -2.69. The van der Waals surface area contributed by atoms with Gasteiger partial charge in [0, 0.05) is 12.1 Å². The Bertz CT molecular complexity index is 1120. The highest BCUT2D eigenvalue weighted by molar-refractivity contribution is 5.94. The van der Waals surface area contributed by atoms with Crippen LogP contribution in [0.2, 0.25) is 0 Å². The SMILES string of the molecule is Cc1ccc(-n2nc3cc(C)c(NC(=O)CC45CC6CC(CC(C6)C4)C5)cc3n2)cc1. The number of anilines is 1. The molecule has 0 unspecified atom stereocenters. The highest BCUT2D eigenvalue weighted by Crippen LogP contribution is 2.61. The molecule has 160 valence electrons. The van der Waals surface area contributed by atoms with Crippen molar-refractivity contribution in [2.75, 3.05) is 5.32 Å². The van der Waals surface area contributed by atoms with Crippen LogP contribution in [0.15, 0.2) is 36.4 Å². The predicted molar refractivity (Wildman–Crippen MR) is 122 cm³/mol. The molecule has 0 aliphatic heterocycles. The number of amides is 1. The van der Waals surface area contributed by atoms with Crippen molar-refractivity contribution < 1.29 is 4.79 Å². The summed E-state index contributed by atoms with van der Waals surface area (Å²) >= 11 is 0. The van der Waals surface area contributed by atoms with Crippen LogP contribution >= 0.6 is 0 Å². The third kappa shape index (κ3) is 3.44. The first kappa shape index (κ1) is 19.0. The maximum absolute atomic E-state index is 13.1. The van der Waals surface area contributed by atoms with Crippen molar-refractivity contribution >= 4 is 22.6 Å². The summed E-state index contributed by atoms with van der Waals surface area (Å²) in [6, 6.07) is 12.2. The number of carbonyl (C=O) groups excluding carboxylic acids is 1. The minimum atomic E-state index is 0.162. The molecule has 0 radical (unpaired) electrons. The van der Waals surface area contributed by atoms with Crippen molar-refractivity contribution in [3.05, 3.63) is 47.5 Å². The van der Waals surface area contributed by atoms with E-state index in [4.69, 9.17) is 0 Å². The van der Waals surface area contributed by atoms with Gasteiger partial charge in [-0.3, -0.25) is 4.79 Å². The number of aryl methyl sites for hydroxylation is 2. The summed E-state index contributed by atoms with van der Waals surface area (Å²) in [6.45, 7) is 4.10. The number of hydrogen-bond acceptors (Lipinski definition) is 3. The van der Waals surface area contributed by atoms with Gasteiger partial charge in [0.25, 0.3) is 0 Å². The largest absolute Gasteiger partial charge is 0.326 e. The highest BCUT2D eigenvalue weighted by atomic mass is 16.1. The smallest absolute Gasteiger partial charge is 0.224 e. The molecule has 4 aliphatic rings. The van der Waals surface area contributed by atoms with Crippen LogP contribution in [0, 0.1) is 37.0 Å².